The Kier molecular flexibility index (Phi) is 7.82. The molecule has 0 spiro atoms. The second-order valence-corrected chi connectivity index (χ2v) is 9.60. The topological polar surface area (TPSA) is 105 Å². The third-order valence-electron chi connectivity index (χ3n) is 6.72. The Bertz CT molecular complexity index is 1390. The standard InChI is InChI=1S/C27H25F6N3O5/c1-3-5-16-14-17(25(39,26(28,29)30)27(31,32)33)7-10-20(16)41-19-9-8-18(34-15-19)11-12-36-22(37)24(2,35-23(36)38)21-6-4-13-40-21/h4,6-10,13-15,39H,3,5,11-12H2,1-2H3,(H,35,38). The van der Waals surface area contributed by atoms with Crippen LogP contribution < -0.4 is 10.1 Å². The number of carbonyl (C=O) groups excluding carboxylic acids is 2. The summed E-state index contributed by atoms with van der Waals surface area (Å²) < 4.78 is 91.0. The molecule has 1 fully saturated rings. The van der Waals surface area contributed by atoms with Crippen molar-refractivity contribution in [2.45, 2.75) is 56.6 Å². The molecule has 2 aromatic heterocycles. The van der Waals surface area contributed by atoms with E-state index in [0.29, 0.717) is 24.2 Å². The van der Waals surface area contributed by atoms with Crippen molar-refractivity contribution < 1.29 is 50.2 Å². The number of rotatable bonds is 9. The van der Waals surface area contributed by atoms with Gasteiger partial charge in [0.15, 0.2) is 5.54 Å². The Balaban J connectivity index is 1.48. The fourth-order valence-electron chi connectivity index (χ4n) is 4.46. The number of furan rings is 1. The van der Waals surface area contributed by atoms with Crippen molar-refractivity contribution in [2.75, 3.05) is 6.54 Å². The van der Waals surface area contributed by atoms with Gasteiger partial charge in [0.05, 0.1) is 12.5 Å². The minimum Gasteiger partial charge on any atom is -0.466 e. The summed E-state index contributed by atoms with van der Waals surface area (Å²) in [7, 11) is 0. The molecule has 1 atom stereocenters. The van der Waals surface area contributed by atoms with Crippen LogP contribution in [-0.4, -0.2) is 45.8 Å². The van der Waals surface area contributed by atoms with Crippen molar-refractivity contribution in [3.05, 3.63) is 77.5 Å². The average molecular weight is 586 g/mol. The van der Waals surface area contributed by atoms with Gasteiger partial charge in [-0.2, -0.15) is 26.3 Å². The molecule has 8 nitrogen and oxygen atoms in total. The van der Waals surface area contributed by atoms with Crippen molar-refractivity contribution in [1.82, 2.24) is 15.2 Å². The zero-order valence-electron chi connectivity index (χ0n) is 21.8. The summed E-state index contributed by atoms with van der Waals surface area (Å²) in [5, 5.41) is 12.4. The van der Waals surface area contributed by atoms with E-state index in [0.717, 1.165) is 11.0 Å². The lowest BCUT2D eigenvalue weighted by Gasteiger charge is -2.33. The lowest BCUT2D eigenvalue weighted by molar-refractivity contribution is -0.376. The van der Waals surface area contributed by atoms with Gasteiger partial charge in [0.2, 0.25) is 0 Å². The number of alkyl halides is 6. The molecule has 0 saturated carbocycles. The number of benzene rings is 1. The molecule has 3 amide bonds. The number of hydrogen-bond donors (Lipinski definition) is 2. The summed E-state index contributed by atoms with van der Waals surface area (Å²) >= 11 is 0. The monoisotopic (exact) mass is 585 g/mol. The maximum atomic E-state index is 13.3. The predicted octanol–water partition coefficient (Wildman–Crippen LogP) is 5.74. The lowest BCUT2D eigenvalue weighted by Crippen LogP contribution is -2.53. The lowest BCUT2D eigenvalue weighted by atomic mass is 9.90. The van der Waals surface area contributed by atoms with Crippen molar-refractivity contribution in [3.63, 3.8) is 0 Å². The minimum atomic E-state index is -6.01. The SMILES string of the molecule is CCCc1cc(C(O)(C(F)(F)F)C(F)(F)F)ccc1Oc1ccc(CCN2C(=O)NC(C)(c3ccco3)C2=O)nc1. The third-order valence-corrected chi connectivity index (χ3v) is 6.72. The molecule has 3 heterocycles. The Morgan fingerprint density at radius 1 is 1.05 bits per heavy atom. The molecule has 3 aromatic rings. The van der Waals surface area contributed by atoms with Gasteiger partial charge in [-0.15, -0.1) is 0 Å². The highest BCUT2D eigenvalue weighted by Crippen LogP contribution is 2.50. The molecule has 0 radical (unpaired) electrons. The highest BCUT2D eigenvalue weighted by Gasteiger charge is 2.71. The van der Waals surface area contributed by atoms with Crippen LogP contribution in [0.5, 0.6) is 11.5 Å². The number of carbonyl (C=O) groups is 2. The summed E-state index contributed by atoms with van der Waals surface area (Å²) in [4.78, 5) is 30.6. The van der Waals surface area contributed by atoms with E-state index in [1.807, 2.05) is 0 Å². The van der Waals surface area contributed by atoms with E-state index < -0.39 is 41.0 Å². The van der Waals surface area contributed by atoms with Crippen LogP contribution in [0, 0.1) is 0 Å². The number of imide groups is 1. The molecule has 1 unspecified atom stereocenters. The van der Waals surface area contributed by atoms with Crippen LogP contribution in [-0.2, 0) is 28.8 Å². The summed E-state index contributed by atoms with van der Waals surface area (Å²) in [6.45, 7) is 3.22. The molecule has 0 aliphatic carbocycles. The second kappa shape index (κ2) is 10.7. The van der Waals surface area contributed by atoms with Gasteiger partial charge < -0.3 is 19.6 Å². The normalized spacial score (nSPS) is 18.1. The van der Waals surface area contributed by atoms with Gasteiger partial charge >= 0.3 is 18.4 Å². The molecule has 14 heteroatoms. The number of nitrogens with zero attached hydrogens (tertiary/aromatic N) is 2. The van der Waals surface area contributed by atoms with E-state index in [-0.39, 0.29) is 42.2 Å². The molecule has 220 valence electrons. The number of aliphatic hydroxyl groups is 1. The van der Waals surface area contributed by atoms with E-state index in [1.54, 1.807) is 25.1 Å². The number of aromatic nitrogens is 1. The number of hydrogen-bond acceptors (Lipinski definition) is 6. The molecule has 41 heavy (non-hydrogen) atoms. The van der Waals surface area contributed by atoms with Gasteiger partial charge in [0.25, 0.3) is 11.5 Å². The van der Waals surface area contributed by atoms with Crippen molar-refractivity contribution in [1.29, 1.82) is 0 Å². The summed E-state index contributed by atoms with van der Waals surface area (Å²) in [6.07, 6.45) is -8.70. The van der Waals surface area contributed by atoms with Crippen LogP contribution in [0.2, 0.25) is 0 Å². The molecule has 1 aliphatic rings. The summed E-state index contributed by atoms with van der Waals surface area (Å²) in [5.74, 6) is -0.0725. The zero-order chi connectivity index (χ0) is 30.2. The van der Waals surface area contributed by atoms with E-state index in [1.165, 1.54) is 25.5 Å². The highest BCUT2D eigenvalue weighted by atomic mass is 19.4. The Morgan fingerprint density at radius 3 is 2.32 bits per heavy atom. The molecule has 1 aromatic carbocycles. The number of ether oxygens (including phenoxy) is 1. The Hall–Kier alpha value is -4.07. The maximum Gasteiger partial charge on any atom is 0.430 e. The van der Waals surface area contributed by atoms with Crippen molar-refractivity contribution in [2.24, 2.45) is 0 Å². The molecule has 1 saturated heterocycles. The van der Waals surface area contributed by atoms with E-state index in [9.17, 15) is 41.0 Å². The maximum absolute atomic E-state index is 13.3. The van der Waals surface area contributed by atoms with Gasteiger partial charge in [-0.3, -0.25) is 14.7 Å². The van der Waals surface area contributed by atoms with E-state index in [2.05, 4.69) is 10.3 Å². The zero-order valence-corrected chi connectivity index (χ0v) is 21.8. The molecule has 2 N–H and O–H groups in total. The van der Waals surface area contributed by atoms with Gasteiger partial charge in [0.1, 0.15) is 17.3 Å². The van der Waals surface area contributed by atoms with Crippen LogP contribution >= 0.6 is 0 Å². The first-order valence-corrected chi connectivity index (χ1v) is 12.4. The Labute approximate surface area is 229 Å². The van der Waals surface area contributed by atoms with Gasteiger partial charge in [-0.25, -0.2) is 4.79 Å². The first-order chi connectivity index (χ1) is 19.1. The van der Waals surface area contributed by atoms with Crippen LogP contribution in [0.15, 0.2) is 59.3 Å². The van der Waals surface area contributed by atoms with Gasteiger partial charge in [0, 0.05) is 24.2 Å². The van der Waals surface area contributed by atoms with E-state index in [4.69, 9.17) is 9.15 Å². The predicted molar refractivity (Wildman–Crippen MR) is 131 cm³/mol. The van der Waals surface area contributed by atoms with Gasteiger partial charge in [-0.1, -0.05) is 19.4 Å². The van der Waals surface area contributed by atoms with E-state index >= 15 is 0 Å². The highest BCUT2D eigenvalue weighted by molar-refractivity contribution is 6.06. The fraction of sp³-hybridized carbons (Fsp3) is 0.370. The summed E-state index contributed by atoms with van der Waals surface area (Å²) in [6, 6.07) is 7.69. The average Bonchev–Trinajstić information content (AvgIpc) is 3.51. The number of aryl methyl sites for hydroxylation is 1. The van der Waals surface area contributed by atoms with Crippen LogP contribution in [0.4, 0.5) is 31.1 Å². The number of nitrogens with one attached hydrogen (secondary N) is 1. The third kappa shape index (κ3) is 5.47. The first kappa shape index (κ1) is 29.9. The molecule has 4 rings (SSSR count). The van der Waals surface area contributed by atoms with Crippen LogP contribution in [0.3, 0.4) is 0 Å². The quantitative estimate of drug-likeness (QED) is 0.245. The molecular weight excluding hydrogens is 560 g/mol. The van der Waals surface area contributed by atoms with Crippen LogP contribution in [0.25, 0.3) is 0 Å². The molecule has 1 aliphatic heterocycles. The number of halogens is 6. The summed E-state index contributed by atoms with van der Waals surface area (Å²) in [5.41, 5.74) is -7.25. The minimum absolute atomic E-state index is 0.00612. The number of amides is 3. The first-order valence-electron chi connectivity index (χ1n) is 12.4. The Morgan fingerprint density at radius 2 is 1.76 bits per heavy atom. The van der Waals surface area contributed by atoms with Crippen LogP contribution in [0.1, 0.15) is 42.8 Å². The second-order valence-electron chi connectivity index (χ2n) is 9.60. The van der Waals surface area contributed by atoms with Gasteiger partial charge in [-0.05, 0) is 55.3 Å². The van der Waals surface area contributed by atoms with Crippen molar-refractivity contribution >= 4 is 11.9 Å². The molecular formula is C27H25F6N3O5. The number of pyridine rings is 1. The fourth-order valence-corrected chi connectivity index (χ4v) is 4.46. The molecule has 0 bridgehead atoms. The largest absolute Gasteiger partial charge is 0.466 e. The number of urea groups is 1. The smallest absolute Gasteiger partial charge is 0.430 e. The van der Waals surface area contributed by atoms with Crippen molar-refractivity contribution in [3.8, 4) is 11.5 Å².